The van der Waals surface area contributed by atoms with Crippen LogP contribution in [0.3, 0.4) is 0 Å². The number of nitrogens with zero attached hydrogens (tertiary/aromatic N) is 1. The highest BCUT2D eigenvalue weighted by Gasteiger charge is 2.22. The number of hydrogen-bond donors (Lipinski definition) is 1. The Morgan fingerprint density at radius 2 is 1.32 bits per heavy atom. The quantitative estimate of drug-likeness (QED) is 0.0308. The number of phosphoric ester groups is 1. The number of phosphoric acid groups is 1. The van der Waals surface area contributed by atoms with E-state index in [0.29, 0.717) is 43.3 Å². The monoisotopic (exact) mass is 849 g/mol. The SMILES string of the molecule is CCCCCCCCCCCCCCCCCC(=O)OC[C@H](COP(=O)([O-])OCC[N+](C)(C)C)OC(=O)CCCCCNC(=O)Cc1ccc2cc(OC)ccc2c1C. The van der Waals surface area contributed by atoms with Crippen LogP contribution in [0.1, 0.15) is 146 Å². The van der Waals surface area contributed by atoms with Crippen molar-refractivity contribution in [2.45, 2.75) is 155 Å². The second-order valence-corrected chi connectivity index (χ2v) is 18.3. The molecule has 0 aliphatic carbocycles. The van der Waals surface area contributed by atoms with Gasteiger partial charge in [-0.05, 0) is 60.2 Å². The molecular formula is C46H77N2O10P. The molecule has 2 rings (SSSR count). The van der Waals surface area contributed by atoms with Gasteiger partial charge in [0, 0.05) is 19.4 Å². The van der Waals surface area contributed by atoms with Gasteiger partial charge in [-0.25, -0.2) is 0 Å². The van der Waals surface area contributed by atoms with E-state index in [1.54, 1.807) is 7.11 Å². The number of amides is 1. The van der Waals surface area contributed by atoms with Crippen LogP contribution in [-0.2, 0) is 43.9 Å². The summed E-state index contributed by atoms with van der Waals surface area (Å²) in [6, 6.07) is 9.86. The maximum Gasteiger partial charge on any atom is 0.306 e. The molecule has 1 unspecified atom stereocenters. The van der Waals surface area contributed by atoms with Gasteiger partial charge < -0.3 is 38.0 Å². The summed E-state index contributed by atoms with van der Waals surface area (Å²) in [6.45, 7) is 4.26. The first-order valence-electron chi connectivity index (χ1n) is 22.3. The molecule has 2 aromatic rings. The molecule has 336 valence electrons. The van der Waals surface area contributed by atoms with E-state index in [1.165, 1.54) is 70.6 Å². The van der Waals surface area contributed by atoms with Crippen molar-refractivity contribution in [3.05, 3.63) is 41.5 Å². The van der Waals surface area contributed by atoms with E-state index in [2.05, 4.69) is 12.2 Å². The number of unbranched alkanes of at least 4 members (excludes halogenated alkanes) is 16. The Bertz CT molecular complexity index is 1550. The number of ether oxygens (including phenoxy) is 3. The molecule has 0 saturated heterocycles. The zero-order valence-corrected chi connectivity index (χ0v) is 38.2. The molecule has 0 aliphatic heterocycles. The average molecular weight is 849 g/mol. The molecule has 0 aliphatic rings. The summed E-state index contributed by atoms with van der Waals surface area (Å²) in [4.78, 5) is 50.4. The second-order valence-electron chi connectivity index (χ2n) is 16.9. The molecule has 59 heavy (non-hydrogen) atoms. The molecule has 0 fully saturated rings. The number of esters is 2. The van der Waals surface area contributed by atoms with Crippen LogP contribution in [0.25, 0.3) is 10.8 Å². The van der Waals surface area contributed by atoms with E-state index in [1.807, 2.05) is 58.4 Å². The number of rotatable bonds is 35. The van der Waals surface area contributed by atoms with E-state index in [-0.39, 0.29) is 38.4 Å². The average Bonchev–Trinajstić information content (AvgIpc) is 3.19. The van der Waals surface area contributed by atoms with Gasteiger partial charge in [-0.15, -0.1) is 0 Å². The third-order valence-corrected chi connectivity index (χ3v) is 11.4. The summed E-state index contributed by atoms with van der Waals surface area (Å²) >= 11 is 0. The van der Waals surface area contributed by atoms with Crippen molar-refractivity contribution in [2.24, 2.45) is 0 Å². The highest BCUT2D eigenvalue weighted by atomic mass is 31.2. The Morgan fingerprint density at radius 1 is 0.746 bits per heavy atom. The first-order valence-corrected chi connectivity index (χ1v) is 23.8. The van der Waals surface area contributed by atoms with Crippen LogP contribution in [0.15, 0.2) is 30.3 Å². The number of quaternary nitrogens is 1. The molecule has 0 aromatic heterocycles. The minimum absolute atomic E-state index is 0.0669. The molecule has 13 heteroatoms. The van der Waals surface area contributed by atoms with Gasteiger partial charge >= 0.3 is 11.9 Å². The van der Waals surface area contributed by atoms with Crippen molar-refractivity contribution in [1.29, 1.82) is 0 Å². The number of hydrogen-bond acceptors (Lipinski definition) is 10. The van der Waals surface area contributed by atoms with Gasteiger partial charge in [-0.1, -0.05) is 121 Å². The van der Waals surface area contributed by atoms with E-state index in [0.717, 1.165) is 46.9 Å². The molecule has 2 atom stereocenters. The van der Waals surface area contributed by atoms with E-state index >= 15 is 0 Å². The molecule has 2 aromatic carbocycles. The predicted octanol–water partition coefficient (Wildman–Crippen LogP) is 9.30. The largest absolute Gasteiger partial charge is 0.756 e. The fourth-order valence-corrected chi connectivity index (χ4v) is 7.49. The number of fused-ring (bicyclic) bond motifs is 1. The highest BCUT2D eigenvalue weighted by Crippen LogP contribution is 2.38. The molecule has 1 amide bonds. The number of carbonyl (C=O) groups excluding carboxylic acids is 3. The Kier molecular flexibility index (Phi) is 26.6. The van der Waals surface area contributed by atoms with Gasteiger partial charge in [0.1, 0.15) is 25.5 Å². The Balaban J connectivity index is 1.69. The Labute approximate surface area is 355 Å². The lowest BCUT2D eigenvalue weighted by Crippen LogP contribution is -2.37. The van der Waals surface area contributed by atoms with Gasteiger partial charge in [0.15, 0.2) is 6.10 Å². The summed E-state index contributed by atoms with van der Waals surface area (Å²) < 4.78 is 39.2. The van der Waals surface area contributed by atoms with Gasteiger partial charge in [0.25, 0.3) is 7.82 Å². The topological polar surface area (TPSA) is 150 Å². The van der Waals surface area contributed by atoms with Crippen LogP contribution in [-0.4, -0.2) is 89.6 Å². The van der Waals surface area contributed by atoms with Gasteiger partial charge in [-0.3, -0.25) is 18.9 Å². The second kappa shape index (κ2) is 30.1. The molecule has 0 bridgehead atoms. The van der Waals surface area contributed by atoms with Gasteiger partial charge in [0.2, 0.25) is 5.91 Å². The van der Waals surface area contributed by atoms with Crippen LogP contribution >= 0.6 is 7.82 Å². The molecule has 0 radical (unpaired) electrons. The summed E-state index contributed by atoms with van der Waals surface area (Å²) in [5.74, 6) is -0.274. The minimum atomic E-state index is -4.68. The van der Waals surface area contributed by atoms with Crippen molar-refractivity contribution in [1.82, 2.24) is 5.32 Å². The van der Waals surface area contributed by atoms with Crippen LogP contribution < -0.4 is 14.9 Å². The van der Waals surface area contributed by atoms with Crippen molar-refractivity contribution < 1.29 is 51.6 Å². The minimum Gasteiger partial charge on any atom is -0.756 e. The third-order valence-electron chi connectivity index (χ3n) is 10.5. The number of nitrogens with one attached hydrogen (secondary N) is 1. The van der Waals surface area contributed by atoms with Gasteiger partial charge in [-0.2, -0.15) is 0 Å². The standard InChI is InChI=1S/C46H77N2O10P/c1-7-8-9-10-11-12-13-14-15-16-17-18-19-20-22-25-45(50)55-36-42(37-57-59(52,53)56-33-32-48(3,4)5)58-46(51)26-23-21-24-31-47-44(49)35-39-27-28-40-34-41(54-6)29-30-43(40)38(39)2/h27-30,34,42H,7-26,31-33,35-37H2,1-6H3,(H-,47,49,52,53)/t42-/m1/s1. The van der Waals surface area contributed by atoms with Crippen molar-refractivity contribution >= 4 is 36.4 Å². The van der Waals surface area contributed by atoms with Crippen LogP contribution in [0, 0.1) is 6.92 Å². The first-order chi connectivity index (χ1) is 28.2. The van der Waals surface area contributed by atoms with E-state index in [9.17, 15) is 23.8 Å². The maximum atomic E-state index is 12.8. The number of carbonyl (C=O) groups is 3. The summed E-state index contributed by atoms with van der Waals surface area (Å²) in [5.41, 5.74) is 2.02. The maximum absolute atomic E-state index is 12.8. The number of aryl methyl sites for hydroxylation is 1. The molecule has 1 N–H and O–H groups in total. The Hall–Kier alpha value is -3.02. The van der Waals surface area contributed by atoms with Crippen molar-refractivity contribution in [2.75, 3.05) is 61.2 Å². The zero-order valence-electron chi connectivity index (χ0n) is 37.3. The normalized spacial score (nSPS) is 13.2. The summed E-state index contributed by atoms with van der Waals surface area (Å²) in [6.07, 6.45) is 19.7. The molecule has 0 spiro atoms. The van der Waals surface area contributed by atoms with Crippen LogP contribution in [0.4, 0.5) is 0 Å². The third kappa shape index (κ3) is 25.4. The van der Waals surface area contributed by atoms with Crippen molar-refractivity contribution in [3.8, 4) is 5.75 Å². The Morgan fingerprint density at radius 3 is 1.92 bits per heavy atom. The lowest BCUT2D eigenvalue weighted by Gasteiger charge is -2.28. The van der Waals surface area contributed by atoms with E-state index < -0.39 is 32.5 Å². The fourth-order valence-electron chi connectivity index (χ4n) is 6.76. The van der Waals surface area contributed by atoms with Crippen LogP contribution in [0.2, 0.25) is 0 Å². The summed E-state index contributed by atoms with van der Waals surface area (Å²) in [7, 11) is 2.68. The lowest BCUT2D eigenvalue weighted by molar-refractivity contribution is -0.870. The summed E-state index contributed by atoms with van der Waals surface area (Å²) in [5, 5.41) is 5.10. The molecular weight excluding hydrogens is 771 g/mol. The number of benzene rings is 2. The van der Waals surface area contributed by atoms with E-state index in [4.69, 9.17) is 23.3 Å². The van der Waals surface area contributed by atoms with Crippen molar-refractivity contribution in [3.63, 3.8) is 0 Å². The zero-order chi connectivity index (χ0) is 43.4. The van der Waals surface area contributed by atoms with Gasteiger partial charge in [0.05, 0.1) is 41.3 Å². The molecule has 12 nitrogen and oxygen atoms in total. The number of methoxy groups -OCH3 is 1. The lowest BCUT2D eigenvalue weighted by atomic mass is 9.98. The van der Waals surface area contributed by atoms with Crippen LogP contribution in [0.5, 0.6) is 5.75 Å². The molecule has 0 heterocycles. The fraction of sp³-hybridized carbons (Fsp3) is 0.717. The molecule has 0 saturated carbocycles. The predicted molar refractivity (Wildman–Crippen MR) is 233 cm³/mol. The first kappa shape index (κ1) is 52.1. The smallest absolute Gasteiger partial charge is 0.306 e. The number of likely N-dealkylation sites (N-methyl/N-ethyl adjacent to an activating group) is 1. The highest BCUT2D eigenvalue weighted by molar-refractivity contribution is 7.45.